The van der Waals surface area contributed by atoms with E-state index in [-0.39, 0.29) is 23.5 Å². The lowest BCUT2D eigenvalue weighted by Crippen LogP contribution is -2.51. The van der Waals surface area contributed by atoms with E-state index in [1.165, 1.54) is 38.3 Å². The number of nitrogens with zero attached hydrogens (tertiary/aromatic N) is 3. The molecule has 2 aromatic rings. The van der Waals surface area contributed by atoms with Crippen LogP contribution in [0.4, 0.5) is 15.8 Å². The molecular weight excluding hydrogens is 495 g/mol. The Morgan fingerprint density at radius 2 is 1.89 bits per heavy atom. The molecule has 0 fully saturated rings. The maximum atomic E-state index is 14.4. The van der Waals surface area contributed by atoms with Crippen molar-refractivity contribution < 1.29 is 32.1 Å². The standard InChI is InChI=1S/C23H29FN4O7S/c1-5-12-25-23(30)16(2)26(14-17-8-6-7-9-19(17)24)22(29)15-27(36(4,33)34)20-13-18(28(31)32)10-11-21(20)35-3/h6-11,13,16H,5,12,14-15H2,1-4H3,(H,25,30). The van der Waals surface area contributed by atoms with Gasteiger partial charge in [0, 0.05) is 30.8 Å². The minimum Gasteiger partial charge on any atom is -0.495 e. The van der Waals surface area contributed by atoms with E-state index < -0.39 is 50.9 Å². The predicted octanol–water partition coefficient (Wildman–Crippen LogP) is 2.45. The van der Waals surface area contributed by atoms with Gasteiger partial charge in [0.1, 0.15) is 29.8 Å². The Hall–Kier alpha value is -3.74. The molecule has 0 saturated heterocycles. The van der Waals surface area contributed by atoms with Crippen LogP contribution in [-0.2, 0) is 26.2 Å². The number of non-ortho nitro benzene ring substituents is 1. The maximum absolute atomic E-state index is 14.4. The number of nitro groups is 1. The molecule has 11 nitrogen and oxygen atoms in total. The normalized spacial score (nSPS) is 11.9. The minimum atomic E-state index is -4.15. The van der Waals surface area contributed by atoms with E-state index >= 15 is 0 Å². The van der Waals surface area contributed by atoms with Crippen molar-refractivity contribution in [3.63, 3.8) is 0 Å². The number of sulfonamides is 1. The van der Waals surface area contributed by atoms with Gasteiger partial charge in [-0.05, 0) is 25.5 Å². The van der Waals surface area contributed by atoms with Gasteiger partial charge in [-0.2, -0.15) is 0 Å². The number of nitro benzene ring substituents is 1. The number of nitrogens with one attached hydrogen (secondary N) is 1. The van der Waals surface area contributed by atoms with Crippen molar-refractivity contribution in [1.82, 2.24) is 10.2 Å². The molecule has 13 heteroatoms. The molecule has 1 atom stereocenters. The number of benzene rings is 2. The molecule has 36 heavy (non-hydrogen) atoms. The van der Waals surface area contributed by atoms with Crippen LogP contribution in [-0.4, -0.2) is 62.6 Å². The third-order valence-electron chi connectivity index (χ3n) is 5.34. The molecule has 1 N–H and O–H groups in total. The molecule has 0 spiro atoms. The molecule has 0 aromatic heterocycles. The Morgan fingerprint density at radius 1 is 1.22 bits per heavy atom. The van der Waals surface area contributed by atoms with Crippen LogP contribution in [0.2, 0.25) is 0 Å². The molecule has 1 unspecified atom stereocenters. The van der Waals surface area contributed by atoms with Crippen LogP contribution in [0.25, 0.3) is 0 Å². The fourth-order valence-electron chi connectivity index (χ4n) is 3.37. The number of hydrogen-bond donors (Lipinski definition) is 1. The summed E-state index contributed by atoms with van der Waals surface area (Å²) < 4.78 is 45.6. The van der Waals surface area contributed by atoms with Crippen LogP contribution in [0.1, 0.15) is 25.8 Å². The summed E-state index contributed by atoms with van der Waals surface area (Å²) in [6, 6.07) is 7.95. The molecule has 196 valence electrons. The number of ether oxygens (including phenoxy) is 1. The van der Waals surface area contributed by atoms with Gasteiger partial charge in [0.15, 0.2) is 0 Å². The van der Waals surface area contributed by atoms with E-state index in [0.29, 0.717) is 17.3 Å². The van der Waals surface area contributed by atoms with Crippen LogP contribution < -0.4 is 14.4 Å². The first-order valence-corrected chi connectivity index (χ1v) is 12.9. The number of carbonyl (C=O) groups excluding carboxylic acids is 2. The topological polar surface area (TPSA) is 139 Å². The Bertz CT molecular complexity index is 1220. The van der Waals surface area contributed by atoms with Crippen LogP contribution in [0, 0.1) is 15.9 Å². The highest BCUT2D eigenvalue weighted by Crippen LogP contribution is 2.33. The number of carbonyl (C=O) groups is 2. The largest absolute Gasteiger partial charge is 0.495 e. The smallest absolute Gasteiger partial charge is 0.271 e. The summed E-state index contributed by atoms with van der Waals surface area (Å²) >= 11 is 0. The van der Waals surface area contributed by atoms with E-state index in [1.807, 2.05) is 6.92 Å². The lowest BCUT2D eigenvalue weighted by atomic mass is 10.1. The zero-order chi connectivity index (χ0) is 27.0. The fourth-order valence-corrected chi connectivity index (χ4v) is 4.22. The first kappa shape index (κ1) is 28.5. The monoisotopic (exact) mass is 524 g/mol. The van der Waals surface area contributed by atoms with Gasteiger partial charge < -0.3 is 15.0 Å². The molecule has 0 bridgehead atoms. The number of halogens is 1. The van der Waals surface area contributed by atoms with Crippen LogP contribution in [0.5, 0.6) is 5.75 Å². The van der Waals surface area contributed by atoms with Gasteiger partial charge in [-0.3, -0.25) is 24.0 Å². The summed E-state index contributed by atoms with van der Waals surface area (Å²) in [5.41, 5.74) is -0.515. The van der Waals surface area contributed by atoms with Gasteiger partial charge in [-0.1, -0.05) is 25.1 Å². The summed E-state index contributed by atoms with van der Waals surface area (Å²) in [5.74, 6) is -1.94. The van der Waals surface area contributed by atoms with E-state index in [9.17, 15) is 32.5 Å². The van der Waals surface area contributed by atoms with E-state index in [4.69, 9.17) is 4.74 Å². The minimum absolute atomic E-state index is 0.0202. The highest BCUT2D eigenvalue weighted by molar-refractivity contribution is 7.92. The predicted molar refractivity (Wildman–Crippen MR) is 132 cm³/mol. The van der Waals surface area contributed by atoms with E-state index in [1.54, 1.807) is 6.07 Å². The Labute approximate surface area is 209 Å². The molecule has 2 aromatic carbocycles. The summed E-state index contributed by atoms with van der Waals surface area (Å²) in [5, 5.41) is 14.0. The number of methoxy groups -OCH3 is 1. The van der Waals surface area contributed by atoms with Crippen LogP contribution in [0.15, 0.2) is 42.5 Å². The number of rotatable bonds is 12. The fraction of sp³-hybridized carbons (Fsp3) is 0.391. The first-order chi connectivity index (χ1) is 16.9. The van der Waals surface area contributed by atoms with Crippen molar-refractivity contribution in [3.05, 3.63) is 64.0 Å². The second kappa shape index (κ2) is 12.3. The second-order valence-corrected chi connectivity index (χ2v) is 9.87. The van der Waals surface area contributed by atoms with Crippen molar-refractivity contribution in [2.75, 3.05) is 30.8 Å². The Balaban J connectivity index is 2.51. The molecule has 0 aliphatic heterocycles. The van der Waals surface area contributed by atoms with Gasteiger partial charge in [-0.15, -0.1) is 0 Å². The van der Waals surface area contributed by atoms with Crippen molar-refractivity contribution in [2.24, 2.45) is 0 Å². The molecule has 0 aliphatic rings. The average molecular weight is 525 g/mol. The number of hydrogen-bond acceptors (Lipinski definition) is 7. The van der Waals surface area contributed by atoms with Crippen molar-refractivity contribution in [1.29, 1.82) is 0 Å². The van der Waals surface area contributed by atoms with Gasteiger partial charge in [0.2, 0.25) is 21.8 Å². The Kier molecular flexibility index (Phi) is 9.73. The van der Waals surface area contributed by atoms with Crippen molar-refractivity contribution in [2.45, 2.75) is 32.9 Å². The molecular formula is C23H29FN4O7S. The molecule has 0 saturated carbocycles. The summed E-state index contributed by atoms with van der Waals surface area (Å²) in [7, 11) is -2.91. The summed E-state index contributed by atoms with van der Waals surface area (Å²) in [6.45, 7) is 2.53. The first-order valence-electron chi connectivity index (χ1n) is 11.0. The van der Waals surface area contributed by atoms with Crippen molar-refractivity contribution >= 4 is 33.2 Å². The average Bonchev–Trinajstić information content (AvgIpc) is 2.83. The third kappa shape index (κ3) is 7.13. The van der Waals surface area contributed by atoms with Crippen LogP contribution >= 0.6 is 0 Å². The molecule has 0 aliphatic carbocycles. The summed E-state index contributed by atoms with van der Waals surface area (Å²) in [6.07, 6.45) is 1.48. The third-order valence-corrected chi connectivity index (χ3v) is 6.46. The van der Waals surface area contributed by atoms with E-state index in [0.717, 1.165) is 23.3 Å². The van der Waals surface area contributed by atoms with Gasteiger partial charge >= 0.3 is 0 Å². The van der Waals surface area contributed by atoms with Crippen LogP contribution in [0.3, 0.4) is 0 Å². The number of amides is 2. The zero-order valence-electron chi connectivity index (χ0n) is 20.4. The van der Waals surface area contributed by atoms with Gasteiger partial charge in [0.25, 0.3) is 5.69 Å². The van der Waals surface area contributed by atoms with E-state index in [2.05, 4.69) is 5.32 Å². The Morgan fingerprint density at radius 3 is 2.44 bits per heavy atom. The second-order valence-electron chi connectivity index (χ2n) is 7.96. The molecule has 0 heterocycles. The lowest BCUT2D eigenvalue weighted by molar-refractivity contribution is -0.384. The number of anilines is 1. The summed E-state index contributed by atoms with van der Waals surface area (Å²) in [4.78, 5) is 37.8. The maximum Gasteiger partial charge on any atom is 0.271 e. The zero-order valence-corrected chi connectivity index (χ0v) is 21.2. The molecule has 0 radical (unpaired) electrons. The SMILES string of the molecule is CCCNC(=O)C(C)N(Cc1ccccc1F)C(=O)CN(c1cc([N+](=O)[O-])ccc1OC)S(C)(=O)=O. The highest BCUT2D eigenvalue weighted by Gasteiger charge is 2.32. The molecule has 2 rings (SSSR count). The van der Waals surface area contributed by atoms with Gasteiger partial charge in [-0.25, -0.2) is 12.8 Å². The van der Waals surface area contributed by atoms with Crippen molar-refractivity contribution in [3.8, 4) is 5.75 Å². The van der Waals surface area contributed by atoms with Gasteiger partial charge in [0.05, 0.1) is 18.3 Å². The lowest BCUT2D eigenvalue weighted by Gasteiger charge is -2.31. The molecule has 2 amide bonds. The highest BCUT2D eigenvalue weighted by atomic mass is 32.2. The quantitative estimate of drug-likeness (QED) is 0.332.